The fourth-order valence-electron chi connectivity index (χ4n) is 2.77. The molecule has 0 unspecified atom stereocenters. The molecule has 1 aromatic heterocycles. The van der Waals surface area contributed by atoms with Crippen molar-refractivity contribution in [3.63, 3.8) is 0 Å². The summed E-state index contributed by atoms with van der Waals surface area (Å²) in [4.78, 5) is 4.28. The van der Waals surface area contributed by atoms with Gasteiger partial charge in [-0.1, -0.05) is 60.2 Å². The van der Waals surface area contributed by atoms with E-state index in [0.29, 0.717) is 6.54 Å². The number of aryl methyl sites for hydroxylation is 1. The summed E-state index contributed by atoms with van der Waals surface area (Å²) in [6, 6.07) is 18.8. The van der Waals surface area contributed by atoms with E-state index in [4.69, 9.17) is 0 Å². The van der Waals surface area contributed by atoms with E-state index in [1.54, 1.807) is 7.05 Å². The van der Waals surface area contributed by atoms with E-state index in [2.05, 4.69) is 70.2 Å². The van der Waals surface area contributed by atoms with Crippen molar-refractivity contribution < 1.29 is 0 Å². The molecule has 2 N–H and O–H groups in total. The number of aromatic nitrogens is 2. The molecule has 3 aromatic rings. The fourth-order valence-corrected chi connectivity index (χ4v) is 2.77. The van der Waals surface area contributed by atoms with Crippen LogP contribution >= 0.6 is 0 Å². The van der Waals surface area contributed by atoms with Crippen molar-refractivity contribution in [3.05, 3.63) is 89.2 Å². The van der Waals surface area contributed by atoms with Crippen LogP contribution in [0.2, 0.25) is 0 Å². The van der Waals surface area contributed by atoms with Gasteiger partial charge in [0.1, 0.15) is 0 Å². The van der Waals surface area contributed by atoms with Crippen LogP contribution in [-0.4, -0.2) is 22.8 Å². The second-order valence-electron chi connectivity index (χ2n) is 6.30. The van der Waals surface area contributed by atoms with Crippen molar-refractivity contribution in [2.45, 2.75) is 26.6 Å². The lowest BCUT2D eigenvalue weighted by Gasteiger charge is -2.11. The van der Waals surface area contributed by atoms with Gasteiger partial charge in [0.2, 0.25) is 0 Å². The summed E-state index contributed by atoms with van der Waals surface area (Å²) in [6.07, 6.45) is 3.96. The fraction of sp³-hybridized carbons (Fsp3) is 0.238. The van der Waals surface area contributed by atoms with E-state index in [9.17, 15) is 0 Å². The summed E-state index contributed by atoms with van der Waals surface area (Å²) < 4.78 is 1.95. The number of guanidine groups is 1. The number of hydrogen-bond acceptors (Lipinski definition) is 2. The van der Waals surface area contributed by atoms with E-state index >= 15 is 0 Å². The second kappa shape index (κ2) is 8.85. The van der Waals surface area contributed by atoms with E-state index in [0.717, 1.165) is 24.6 Å². The predicted octanol–water partition coefficient (Wildman–Crippen LogP) is 3.11. The van der Waals surface area contributed by atoms with Crippen LogP contribution < -0.4 is 10.6 Å². The third-order valence-electron chi connectivity index (χ3n) is 4.10. The highest BCUT2D eigenvalue weighted by molar-refractivity contribution is 5.79. The lowest BCUT2D eigenvalue weighted by atomic mass is 10.1. The maximum Gasteiger partial charge on any atom is 0.191 e. The molecule has 0 spiro atoms. The number of benzene rings is 2. The Kier molecular flexibility index (Phi) is 6.04. The standard InChI is InChI=1S/C21H25N5/c1-17-7-6-10-19(11-17)12-23-21(22-2)24-13-20-14-25-26(16-20)15-18-8-4-3-5-9-18/h3-11,14,16H,12-13,15H2,1-2H3,(H2,22,23,24). The Labute approximate surface area is 154 Å². The van der Waals surface area contributed by atoms with Crippen molar-refractivity contribution in [1.82, 2.24) is 20.4 Å². The Morgan fingerprint density at radius 3 is 2.42 bits per heavy atom. The molecule has 2 aromatic carbocycles. The van der Waals surface area contributed by atoms with E-state index in [1.807, 2.05) is 29.1 Å². The minimum absolute atomic E-state index is 0.683. The van der Waals surface area contributed by atoms with Gasteiger partial charge in [-0.2, -0.15) is 5.10 Å². The highest BCUT2D eigenvalue weighted by atomic mass is 15.3. The molecule has 0 fully saturated rings. The molecule has 0 amide bonds. The summed E-state index contributed by atoms with van der Waals surface area (Å²) >= 11 is 0. The predicted molar refractivity (Wildman–Crippen MR) is 106 cm³/mol. The second-order valence-corrected chi connectivity index (χ2v) is 6.30. The highest BCUT2D eigenvalue weighted by Crippen LogP contribution is 2.05. The summed E-state index contributed by atoms with van der Waals surface area (Å²) in [6.45, 7) is 4.31. The summed E-state index contributed by atoms with van der Waals surface area (Å²) in [7, 11) is 1.78. The first-order valence-electron chi connectivity index (χ1n) is 8.78. The van der Waals surface area contributed by atoms with Crippen LogP contribution in [0.3, 0.4) is 0 Å². The van der Waals surface area contributed by atoms with Crippen LogP contribution in [0, 0.1) is 6.92 Å². The van der Waals surface area contributed by atoms with Gasteiger partial charge in [0.15, 0.2) is 5.96 Å². The third kappa shape index (κ3) is 5.21. The molecule has 26 heavy (non-hydrogen) atoms. The minimum Gasteiger partial charge on any atom is -0.352 e. The Balaban J connectivity index is 1.49. The van der Waals surface area contributed by atoms with Crippen LogP contribution in [0.25, 0.3) is 0 Å². The highest BCUT2D eigenvalue weighted by Gasteiger charge is 2.02. The number of hydrogen-bond donors (Lipinski definition) is 2. The Morgan fingerprint density at radius 2 is 1.69 bits per heavy atom. The van der Waals surface area contributed by atoms with Gasteiger partial charge < -0.3 is 10.6 Å². The van der Waals surface area contributed by atoms with Crippen LogP contribution in [-0.2, 0) is 19.6 Å². The molecule has 5 heteroatoms. The average molecular weight is 347 g/mol. The molecule has 5 nitrogen and oxygen atoms in total. The lowest BCUT2D eigenvalue weighted by Crippen LogP contribution is -2.36. The number of aliphatic imine (C=N–C) groups is 1. The summed E-state index contributed by atoms with van der Waals surface area (Å²) in [5.74, 6) is 0.780. The van der Waals surface area contributed by atoms with E-state index in [1.165, 1.54) is 16.7 Å². The zero-order chi connectivity index (χ0) is 18.2. The van der Waals surface area contributed by atoms with Crippen molar-refractivity contribution >= 4 is 5.96 Å². The molecular weight excluding hydrogens is 322 g/mol. The van der Waals surface area contributed by atoms with Gasteiger partial charge in [0, 0.05) is 31.9 Å². The van der Waals surface area contributed by atoms with Crippen LogP contribution in [0.15, 0.2) is 72.0 Å². The Hall–Kier alpha value is -3.08. The van der Waals surface area contributed by atoms with Gasteiger partial charge in [0.05, 0.1) is 12.7 Å². The molecule has 3 rings (SSSR count). The Morgan fingerprint density at radius 1 is 0.962 bits per heavy atom. The molecule has 1 heterocycles. The molecule has 0 saturated carbocycles. The smallest absolute Gasteiger partial charge is 0.191 e. The van der Waals surface area contributed by atoms with Gasteiger partial charge in [-0.05, 0) is 18.1 Å². The molecule has 0 aliphatic heterocycles. The maximum absolute atomic E-state index is 4.43. The van der Waals surface area contributed by atoms with Gasteiger partial charge in [-0.3, -0.25) is 9.67 Å². The first-order chi connectivity index (χ1) is 12.7. The van der Waals surface area contributed by atoms with Crippen molar-refractivity contribution in [2.24, 2.45) is 4.99 Å². The van der Waals surface area contributed by atoms with Crippen LogP contribution in [0.1, 0.15) is 22.3 Å². The molecule has 0 radical (unpaired) electrons. The zero-order valence-electron chi connectivity index (χ0n) is 15.3. The normalized spacial score (nSPS) is 11.4. The minimum atomic E-state index is 0.683. The average Bonchev–Trinajstić information content (AvgIpc) is 3.10. The molecule has 0 atom stereocenters. The van der Waals surface area contributed by atoms with Crippen molar-refractivity contribution in [1.29, 1.82) is 0 Å². The first-order valence-corrected chi connectivity index (χ1v) is 8.78. The zero-order valence-corrected chi connectivity index (χ0v) is 15.3. The number of nitrogens with one attached hydrogen (secondary N) is 2. The van der Waals surface area contributed by atoms with Crippen LogP contribution in [0.4, 0.5) is 0 Å². The molecular formula is C21H25N5. The SMILES string of the molecule is CN=C(NCc1cccc(C)c1)NCc1cnn(Cc2ccccc2)c1. The molecule has 134 valence electrons. The molecule has 0 aliphatic rings. The number of nitrogens with zero attached hydrogens (tertiary/aromatic N) is 3. The van der Waals surface area contributed by atoms with Crippen molar-refractivity contribution in [2.75, 3.05) is 7.05 Å². The van der Waals surface area contributed by atoms with Crippen LogP contribution in [0.5, 0.6) is 0 Å². The maximum atomic E-state index is 4.43. The van der Waals surface area contributed by atoms with Gasteiger partial charge in [-0.25, -0.2) is 0 Å². The summed E-state index contributed by atoms with van der Waals surface area (Å²) in [5, 5.41) is 11.1. The lowest BCUT2D eigenvalue weighted by molar-refractivity contribution is 0.685. The van der Waals surface area contributed by atoms with Crippen molar-refractivity contribution in [3.8, 4) is 0 Å². The van der Waals surface area contributed by atoms with Gasteiger partial charge >= 0.3 is 0 Å². The topological polar surface area (TPSA) is 54.2 Å². The Bertz CT molecular complexity index is 852. The van der Waals surface area contributed by atoms with E-state index < -0.39 is 0 Å². The molecule has 0 bridgehead atoms. The third-order valence-corrected chi connectivity index (χ3v) is 4.10. The number of rotatable bonds is 6. The molecule has 0 saturated heterocycles. The van der Waals surface area contributed by atoms with Gasteiger partial charge in [-0.15, -0.1) is 0 Å². The monoisotopic (exact) mass is 347 g/mol. The van der Waals surface area contributed by atoms with Gasteiger partial charge in [0.25, 0.3) is 0 Å². The largest absolute Gasteiger partial charge is 0.352 e. The first kappa shape index (κ1) is 17.7. The molecule has 0 aliphatic carbocycles. The van der Waals surface area contributed by atoms with E-state index in [-0.39, 0.29) is 0 Å². The quantitative estimate of drug-likeness (QED) is 0.532. The summed E-state index contributed by atoms with van der Waals surface area (Å²) in [5.41, 5.74) is 4.87.